The lowest BCUT2D eigenvalue weighted by molar-refractivity contribution is -0.125. The van der Waals surface area contributed by atoms with E-state index in [1.165, 1.54) is 6.07 Å². The van der Waals surface area contributed by atoms with Crippen LogP contribution in [0, 0.1) is 5.82 Å². The van der Waals surface area contributed by atoms with Crippen LogP contribution in [0.3, 0.4) is 0 Å². The second kappa shape index (κ2) is 5.49. The van der Waals surface area contributed by atoms with E-state index in [2.05, 4.69) is 21.2 Å². The van der Waals surface area contributed by atoms with Gasteiger partial charge in [-0.25, -0.2) is 4.39 Å². The predicted molar refractivity (Wildman–Crippen MR) is 73.1 cm³/mol. The first-order chi connectivity index (χ1) is 8.51. The lowest BCUT2D eigenvalue weighted by Gasteiger charge is -2.33. The van der Waals surface area contributed by atoms with Gasteiger partial charge in [0.15, 0.2) is 5.78 Å². The first kappa shape index (κ1) is 13.7. The van der Waals surface area contributed by atoms with Crippen molar-refractivity contribution < 1.29 is 9.18 Å². The minimum absolute atomic E-state index is 0.181. The Bertz CT molecular complexity index is 455. The summed E-state index contributed by atoms with van der Waals surface area (Å²) in [5.74, 6) is -0.117. The normalized spacial score (nSPS) is 23.9. The molecule has 18 heavy (non-hydrogen) atoms. The summed E-state index contributed by atoms with van der Waals surface area (Å²) in [6, 6.07) is 4.74. The highest BCUT2D eigenvalue weighted by Crippen LogP contribution is 2.23. The Hall–Kier alpha value is -0.740. The second-order valence-corrected chi connectivity index (χ2v) is 5.92. The third kappa shape index (κ3) is 2.98. The zero-order valence-electron chi connectivity index (χ0n) is 10.4. The molecule has 1 aliphatic heterocycles. The third-order valence-corrected chi connectivity index (χ3v) is 4.19. The van der Waals surface area contributed by atoms with Gasteiger partial charge < -0.3 is 5.32 Å². The van der Waals surface area contributed by atoms with Crippen LogP contribution in [0.25, 0.3) is 0 Å². The molecule has 0 spiro atoms. The minimum Gasteiger partial charge on any atom is -0.305 e. The van der Waals surface area contributed by atoms with Crippen LogP contribution in [0.4, 0.5) is 4.39 Å². The quantitative estimate of drug-likeness (QED) is 0.928. The average molecular weight is 314 g/mol. The largest absolute Gasteiger partial charge is 0.305 e. The van der Waals surface area contributed by atoms with Crippen molar-refractivity contribution in [2.24, 2.45) is 0 Å². The molecule has 0 aromatic heterocycles. The molecule has 1 aromatic rings. The third-order valence-electron chi connectivity index (χ3n) is 3.58. The fourth-order valence-corrected chi connectivity index (χ4v) is 2.75. The van der Waals surface area contributed by atoms with Crippen molar-refractivity contribution in [3.05, 3.63) is 34.1 Å². The summed E-state index contributed by atoms with van der Waals surface area (Å²) in [4.78, 5) is 12.3. The van der Waals surface area contributed by atoms with E-state index in [4.69, 9.17) is 0 Å². The van der Waals surface area contributed by atoms with Crippen LogP contribution in [-0.2, 0) is 11.2 Å². The van der Waals surface area contributed by atoms with E-state index in [1.54, 1.807) is 12.1 Å². The molecule has 0 saturated carbocycles. The number of rotatable bonds is 3. The molecule has 1 saturated heterocycles. The summed E-state index contributed by atoms with van der Waals surface area (Å²) < 4.78 is 13.5. The van der Waals surface area contributed by atoms with E-state index >= 15 is 0 Å². The zero-order chi connectivity index (χ0) is 13.2. The smallest absolute Gasteiger partial charge is 0.156 e. The topological polar surface area (TPSA) is 29.1 Å². The van der Waals surface area contributed by atoms with E-state index in [9.17, 15) is 9.18 Å². The average Bonchev–Trinajstić information content (AvgIpc) is 2.35. The van der Waals surface area contributed by atoms with E-state index in [0.717, 1.165) is 31.4 Å². The lowest BCUT2D eigenvalue weighted by Crippen LogP contribution is -2.52. The van der Waals surface area contributed by atoms with Crippen molar-refractivity contribution in [3.63, 3.8) is 0 Å². The Morgan fingerprint density at radius 3 is 2.89 bits per heavy atom. The summed E-state index contributed by atoms with van der Waals surface area (Å²) in [5.41, 5.74) is 0.431. The number of hydrogen-bond donors (Lipinski definition) is 1. The maximum atomic E-state index is 13.1. The highest BCUT2D eigenvalue weighted by Gasteiger charge is 2.33. The van der Waals surface area contributed by atoms with Crippen LogP contribution in [0.2, 0.25) is 0 Å². The van der Waals surface area contributed by atoms with Gasteiger partial charge >= 0.3 is 0 Å². The Morgan fingerprint density at radius 1 is 1.50 bits per heavy atom. The van der Waals surface area contributed by atoms with E-state index < -0.39 is 5.54 Å². The highest BCUT2D eigenvalue weighted by atomic mass is 79.9. The van der Waals surface area contributed by atoms with Gasteiger partial charge in [-0.1, -0.05) is 6.07 Å². The molecule has 98 valence electrons. The SMILES string of the molecule is CC1(C(=O)Cc2ccc(F)c(Br)c2)CCCCN1. The number of piperidine rings is 1. The van der Waals surface area contributed by atoms with E-state index in [1.807, 2.05) is 6.92 Å². The van der Waals surface area contributed by atoms with Crippen LogP contribution < -0.4 is 5.32 Å². The van der Waals surface area contributed by atoms with Crippen LogP contribution in [0.5, 0.6) is 0 Å². The van der Waals surface area contributed by atoms with Crippen molar-refractivity contribution in [2.75, 3.05) is 6.54 Å². The van der Waals surface area contributed by atoms with Crippen LogP contribution in [-0.4, -0.2) is 17.9 Å². The van der Waals surface area contributed by atoms with Crippen molar-refractivity contribution in [1.82, 2.24) is 5.32 Å². The van der Waals surface area contributed by atoms with Gasteiger partial charge in [0.2, 0.25) is 0 Å². The molecule has 0 bridgehead atoms. The molecule has 1 unspecified atom stereocenters. The molecule has 4 heteroatoms. The van der Waals surface area contributed by atoms with Gasteiger partial charge in [-0.05, 0) is 66.4 Å². The van der Waals surface area contributed by atoms with E-state index in [-0.39, 0.29) is 11.6 Å². The summed E-state index contributed by atoms with van der Waals surface area (Å²) in [6.45, 7) is 2.86. The number of Topliss-reactive ketones (excluding diaryl/α,β-unsaturated/α-hetero) is 1. The first-order valence-corrected chi connectivity index (χ1v) is 7.03. The van der Waals surface area contributed by atoms with Crippen LogP contribution in [0.15, 0.2) is 22.7 Å². The minimum atomic E-state index is -0.418. The Morgan fingerprint density at radius 2 is 2.28 bits per heavy atom. The fraction of sp³-hybridized carbons (Fsp3) is 0.500. The number of hydrogen-bond acceptors (Lipinski definition) is 2. The highest BCUT2D eigenvalue weighted by molar-refractivity contribution is 9.10. The van der Waals surface area contributed by atoms with Gasteiger partial charge in [0.05, 0.1) is 10.0 Å². The van der Waals surface area contributed by atoms with Gasteiger partial charge in [-0.15, -0.1) is 0 Å². The van der Waals surface area contributed by atoms with Crippen molar-refractivity contribution in [1.29, 1.82) is 0 Å². The standard InChI is InChI=1S/C14H17BrFNO/c1-14(6-2-3-7-17-14)13(18)9-10-4-5-12(16)11(15)8-10/h4-5,8,17H,2-3,6-7,9H2,1H3. The van der Waals surface area contributed by atoms with Gasteiger partial charge in [-0.3, -0.25) is 4.79 Å². The number of halogens is 2. The molecule has 1 fully saturated rings. The number of nitrogens with one attached hydrogen (secondary N) is 1. The molecular formula is C14H17BrFNO. The van der Waals surface area contributed by atoms with Crippen LogP contribution >= 0.6 is 15.9 Å². The molecule has 2 rings (SSSR count). The lowest BCUT2D eigenvalue weighted by atomic mass is 9.84. The summed E-state index contributed by atoms with van der Waals surface area (Å²) in [5, 5.41) is 3.31. The second-order valence-electron chi connectivity index (χ2n) is 5.06. The predicted octanol–water partition coefficient (Wildman–Crippen LogP) is 3.23. The number of benzene rings is 1. The Labute approximate surface area is 115 Å². The molecule has 0 amide bonds. The Balaban J connectivity index is 2.08. The maximum absolute atomic E-state index is 13.1. The molecule has 1 aliphatic rings. The zero-order valence-corrected chi connectivity index (χ0v) is 12.0. The molecule has 0 aliphatic carbocycles. The van der Waals surface area contributed by atoms with Gasteiger partial charge in [-0.2, -0.15) is 0 Å². The number of carbonyl (C=O) groups excluding carboxylic acids is 1. The molecule has 1 aromatic carbocycles. The van der Waals surface area contributed by atoms with Gasteiger partial charge in [0.1, 0.15) is 5.82 Å². The number of ketones is 1. The monoisotopic (exact) mass is 313 g/mol. The summed E-state index contributed by atoms with van der Waals surface area (Å²) >= 11 is 3.14. The summed E-state index contributed by atoms with van der Waals surface area (Å²) in [7, 11) is 0. The van der Waals surface area contributed by atoms with Gasteiger partial charge in [0, 0.05) is 6.42 Å². The molecule has 1 N–H and O–H groups in total. The van der Waals surface area contributed by atoms with Crippen molar-refractivity contribution in [2.45, 2.75) is 38.1 Å². The first-order valence-electron chi connectivity index (χ1n) is 6.23. The summed E-state index contributed by atoms with van der Waals surface area (Å²) in [6.07, 6.45) is 3.45. The maximum Gasteiger partial charge on any atom is 0.156 e. The van der Waals surface area contributed by atoms with Gasteiger partial charge in [0.25, 0.3) is 0 Å². The van der Waals surface area contributed by atoms with Crippen LogP contribution in [0.1, 0.15) is 31.7 Å². The van der Waals surface area contributed by atoms with Crippen molar-refractivity contribution in [3.8, 4) is 0 Å². The number of carbonyl (C=O) groups is 1. The van der Waals surface area contributed by atoms with Crippen molar-refractivity contribution >= 4 is 21.7 Å². The van der Waals surface area contributed by atoms with E-state index in [0.29, 0.717) is 10.9 Å². The fourth-order valence-electron chi connectivity index (χ4n) is 2.32. The molecule has 1 atom stereocenters. The molecule has 1 heterocycles. The Kier molecular flexibility index (Phi) is 4.17. The molecule has 0 radical (unpaired) electrons. The molecule has 2 nitrogen and oxygen atoms in total. The molecular weight excluding hydrogens is 297 g/mol.